The molecule has 1 aromatic carbocycles. The molecule has 0 saturated heterocycles. The first-order valence-electron chi connectivity index (χ1n) is 4.97. The highest BCUT2D eigenvalue weighted by Gasteiger charge is 2.23. The van der Waals surface area contributed by atoms with E-state index in [-0.39, 0.29) is 17.5 Å². The van der Waals surface area contributed by atoms with E-state index in [1.165, 1.54) is 12.1 Å². The number of hydrogen-bond donors (Lipinski definition) is 4. The lowest BCUT2D eigenvalue weighted by Gasteiger charge is -2.19. The number of benzene rings is 1. The topological polar surface area (TPSA) is 77.8 Å². The van der Waals surface area contributed by atoms with Gasteiger partial charge < -0.3 is 15.3 Å². The summed E-state index contributed by atoms with van der Waals surface area (Å²) < 4.78 is 0.648. The fraction of sp³-hybridized carbons (Fsp3) is 0.364. The van der Waals surface area contributed by atoms with E-state index in [1.807, 2.05) is 0 Å². The van der Waals surface area contributed by atoms with E-state index < -0.39 is 18.2 Å². The van der Waals surface area contributed by atoms with Crippen molar-refractivity contribution in [3.63, 3.8) is 0 Å². The summed E-state index contributed by atoms with van der Waals surface area (Å²) in [6.45, 7) is 0. The van der Waals surface area contributed by atoms with Crippen molar-refractivity contribution in [2.75, 3.05) is 5.75 Å². The fourth-order valence-electron chi connectivity index (χ4n) is 1.47. The number of carboxylic acid groups (broad SMARTS) is 1. The molecule has 0 aliphatic carbocycles. The maximum Gasteiger partial charge on any atom is 0.336 e. The highest BCUT2D eigenvalue weighted by Crippen LogP contribution is 2.26. The third-order valence-corrected chi connectivity index (χ3v) is 3.10. The van der Waals surface area contributed by atoms with Crippen LogP contribution in [-0.2, 0) is 0 Å². The Bertz CT molecular complexity index is 410. The van der Waals surface area contributed by atoms with Crippen molar-refractivity contribution in [2.45, 2.75) is 18.6 Å². The molecular formula is C11H13BrO4S. The first-order valence-corrected chi connectivity index (χ1v) is 6.39. The summed E-state index contributed by atoms with van der Waals surface area (Å²) in [7, 11) is 0. The van der Waals surface area contributed by atoms with Crippen molar-refractivity contribution < 1.29 is 20.1 Å². The Labute approximate surface area is 113 Å². The van der Waals surface area contributed by atoms with Gasteiger partial charge in [-0.15, -0.1) is 0 Å². The minimum atomic E-state index is -1.23. The molecule has 17 heavy (non-hydrogen) atoms. The van der Waals surface area contributed by atoms with Gasteiger partial charge in [-0.2, -0.15) is 12.6 Å². The Morgan fingerprint density at radius 1 is 1.41 bits per heavy atom. The molecule has 4 nitrogen and oxygen atoms in total. The fourth-order valence-corrected chi connectivity index (χ4v) is 2.11. The summed E-state index contributed by atoms with van der Waals surface area (Å²) in [5.41, 5.74) is 0.181. The molecule has 0 fully saturated rings. The van der Waals surface area contributed by atoms with E-state index in [9.17, 15) is 15.0 Å². The van der Waals surface area contributed by atoms with Crippen LogP contribution in [0, 0.1) is 0 Å². The van der Waals surface area contributed by atoms with Crippen LogP contribution >= 0.6 is 28.6 Å². The molecule has 0 aromatic heterocycles. The molecule has 0 amide bonds. The summed E-state index contributed by atoms with van der Waals surface area (Å²) in [6.07, 6.45) is -1.97. The molecule has 1 rings (SSSR count). The van der Waals surface area contributed by atoms with E-state index >= 15 is 0 Å². The molecule has 0 radical (unpaired) electrons. The van der Waals surface area contributed by atoms with Crippen LogP contribution in [0.5, 0.6) is 0 Å². The standard InChI is InChI=1S/C11H13BrO4S/c12-6-1-2-7(11(15)16)8(5-6)10(14)9(13)3-4-17/h1-2,5,9-10,13-14,17H,3-4H2,(H,15,16). The number of carboxylic acids is 1. The third kappa shape index (κ3) is 3.70. The minimum absolute atomic E-state index is 0.0149. The highest BCUT2D eigenvalue weighted by atomic mass is 79.9. The van der Waals surface area contributed by atoms with Gasteiger partial charge in [-0.1, -0.05) is 15.9 Å². The van der Waals surface area contributed by atoms with Crippen molar-refractivity contribution in [1.82, 2.24) is 0 Å². The Kier molecular flexibility index (Phi) is 5.45. The summed E-state index contributed by atoms with van der Waals surface area (Å²) in [4.78, 5) is 11.0. The van der Waals surface area contributed by atoms with Crippen LogP contribution in [0.3, 0.4) is 0 Å². The second kappa shape index (κ2) is 6.39. The molecule has 0 aliphatic rings. The van der Waals surface area contributed by atoms with Gasteiger partial charge in [0.2, 0.25) is 0 Å². The van der Waals surface area contributed by atoms with E-state index in [2.05, 4.69) is 28.6 Å². The van der Waals surface area contributed by atoms with Gasteiger partial charge in [-0.3, -0.25) is 0 Å². The van der Waals surface area contributed by atoms with Crippen LogP contribution in [0.4, 0.5) is 0 Å². The Hall–Kier alpha value is -0.560. The Balaban J connectivity index is 3.10. The number of aliphatic hydroxyl groups excluding tert-OH is 2. The number of aromatic carboxylic acids is 1. The van der Waals surface area contributed by atoms with Crippen molar-refractivity contribution >= 4 is 34.5 Å². The number of aliphatic hydroxyl groups is 2. The molecule has 1 aromatic rings. The summed E-state index contributed by atoms with van der Waals surface area (Å²) in [5.74, 6) is -0.723. The zero-order valence-corrected chi connectivity index (χ0v) is 11.4. The average Bonchev–Trinajstić information content (AvgIpc) is 2.27. The van der Waals surface area contributed by atoms with Crippen molar-refractivity contribution in [3.05, 3.63) is 33.8 Å². The Morgan fingerprint density at radius 2 is 2.06 bits per heavy atom. The number of rotatable bonds is 5. The van der Waals surface area contributed by atoms with Gasteiger partial charge in [0.15, 0.2) is 0 Å². The first kappa shape index (κ1) is 14.5. The zero-order chi connectivity index (χ0) is 13.0. The van der Waals surface area contributed by atoms with Crippen LogP contribution in [0.1, 0.15) is 28.4 Å². The highest BCUT2D eigenvalue weighted by molar-refractivity contribution is 9.10. The number of hydrogen-bond acceptors (Lipinski definition) is 4. The zero-order valence-electron chi connectivity index (χ0n) is 8.88. The van der Waals surface area contributed by atoms with Gasteiger partial charge >= 0.3 is 5.97 Å². The molecule has 0 aliphatic heterocycles. The van der Waals surface area contributed by atoms with E-state index in [0.29, 0.717) is 10.2 Å². The summed E-state index contributed by atoms with van der Waals surface area (Å²) >= 11 is 7.16. The van der Waals surface area contributed by atoms with E-state index in [4.69, 9.17) is 5.11 Å². The second-order valence-electron chi connectivity index (χ2n) is 3.56. The lowest BCUT2D eigenvalue weighted by molar-refractivity contribution is 0.0162. The SMILES string of the molecule is O=C(O)c1ccc(Br)cc1C(O)C(O)CCS. The lowest BCUT2D eigenvalue weighted by atomic mass is 9.97. The smallest absolute Gasteiger partial charge is 0.336 e. The summed E-state index contributed by atoms with van der Waals surface area (Å²) in [6, 6.07) is 4.46. The molecule has 0 heterocycles. The number of carbonyl (C=O) groups is 1. The first-order chi connectivity index (χ1) is 7.97. The molecule has 2 atom stereocenters. The van der Waals surface area contributed by atoms with Crippen molar-refractivity contribution in [2.24, 2.45) is 0 Å². The minimum Gasteiger partial charge on any atom is -0.478 e. The molecule has 2 unspecified atom stereocenters. The molecule has 0 bridgehead atoms. The predicted molar refractivity (Wildman–Crippen MR) is 70.5 cm³/mol. The maximum absolute atomic E-state index is 11.0. The molecule has 6 heteroatoms. The second-order valence-corrected chi connectivity index (χ2v) is 4.92. The van der Waals surface area contributed by atoms with Gasteiger partial charge in [-0.25, -0.2) is 4.79 Å². The number of halogens is 1. The largest absolute Gasteiger partial charge is 0.478 e. The molecular weight excluding hydrogens is 308 g/mol. The van der Waals surface area contributed by atoms with Crippen LogP contribution in [0.25, 0.3) is 0 Å². The van der Waals surface area contributed by atoms with Crippen molar-refractivity contribution in [3.8, 4) is 0 Å². The van der Waals surface area contributed by atoms with Crippen LogP contribution < -0.4 is 0 Å². The van der Waals surface area contributed by atoms with Gasteiger partial charge in [0.05, 0.1) is 11.7 Å². The van der Waals surface area contributed by atoms with Crippen LogP contribution in [0.2, 0.25) is 0 Å². The quantitative estimate of drug-likeness (QED) is 0.624. The molecule has 94 valence electrons. The van der Waals surface area contributed by atoms with Crippen LogP contribution in [-0.4, -0.2) is 33.1 Å². The molecule has 0 spiro atoms. The lowest BCUT2D eigenvalue weighted by Crippen LogP contribution is -2.21. The van der Waals surface area contributed by atoms with E-state index in [0.717, 1.165) is 0 Å². The monoisotopic (exact) mass is 320 g/mol. The van der Waals surface area contributed by atoms with Crippen LogP contribution in [0.15, 0.2) is 22.7 Å². The normalized spacial score (nSPS) is 14.4. The predicted octanol–water partition coefficient (Wildman–Crippen LogP) is 1.86. The van der Waals surface area contributed by atoms with Gasteiger partial charge in [-0.05, 0) is 35.9 Å². The Morgan fingerprint density at radius 3 is 2.59 bits per heavy atom. The molecule has 0 saturated carbocycles. The van der Waals surface area contributed by atoms with Gasteiger partial charge in [0, 0.05) is 4.47 Å². The summed E-state index contributed by atoms with van der Waals surface area (Å²) in [5, 5.41) is 28.6. The molecule has 3 N–H and O–H groups in total. The van der Waals surface area contributed by atoms with Gasteiger partial charge in [0.25, 0.3) is 0 Å². The van der Waals surface area contributed by atoms with E-state index in [1.54, 1.807) is 6.07 Å². The number of thiol groups is 1. The maximum atomic E-state index is 11.0. The average molecular weight is 321 g/mol. The van der Waals surface area contributed by atoms with Gasteiger partial charge in [0.1, 0.15) is 6.10 Å². The van der Waals surface area contributed by atoms with Crippen molar-refractivity contribution in [1.29, 1.82) is 0 Å². The third-order valence-electron chi connectivity index (χ3n) is 2.35.